The van der Waals surface area contributed by atoms with E-state index in [1.165, 1.54) is 11.3 Å². The van der Waals surface area contributed by atoms with Gasteiger partial charge in [0.15, 0.2) is 0 Å². The smallest absolute Gasteiger partial charge is 0.264 e. The van der Waals surface area contributed by atoms with Gasteiger partial charge in [0.2, 0.25) is 0 Å². The Hall–Kier alpha value is -1.56. The van der Waals surface area contributed by atoms with Crippen molar-refractivity contribution in [3.8, 4) is 0 Å². The quantitative estimate of drug-likeness (QED) is 0.384. The minimum Gasteiger partial charge on any atom is -0.409 e. The van der Waals surface area contributed by atoms with Crippen molar-refractivity contribution in [1.82, 2.24) is 4.90 Å². The van der Waals surface area contributed by atoms with Gasteiger partial charge in [0.25, 0.3) is 5.91 Å². The molecule has 19 heavy (non-hydrogen) atoms. The summed E-state index contributed by atoms with van der Waals surface area (Å²) in [6.07, 6.45) is 2.62. The molecule has 1 aromatic heterocycles. The maximum Gasteiger partial charge on any atom is 0.264 e. The minimum absolute atomic E-state index is 0.0345. The second-order valence-electron chi connectivity index (χ2n) is 4.74. The van der Waals surface area contributed by atoms with E-state index in [1.807, 2.05) is 23.3 Å². The van der Waals surface area contributed by atoms with Crippen LogP contribution in [0.3, 0.4) is 0 Å². The van der Waals surface area contributed by atoms with Gasteiger partial charge in [0, 0.05) is 19.0 Å². The maximum absolute atomic E-state index is 12.5. The van der Waals surface area contributed by atoms with Gasteiger partial charge in [-0.1, -0.05) is 12.1 Å². The number of oxime groups is 1. The first kappa shape index (κ1) is 13.9. The summed E-state index contributed by atoms with van der Waals surface area (Å²) in [6, 6.07) is 2.00. The molecule has 1 aromatic rings. The highest BCUT2D eigenvalue weighted by molar-refractivity contribution is 7.12. The molecule has 2 heterocycles. The molecule has 0 aromatic carbocycles. The number of amides is 1. The Morgan fingerprint density at radius 2 is 2.47 bits per heavy atom. The van der Waals surface area contributed by atoms with Crippen LogP contribution in [0.4, 0.5) is 0 Å². The lowest BCUT2D eigenvalue weighted by atomic mass is 9.96. The molecular weight excluding hydrogens is 262 g/mol. The zero-order chi connectivity index (χ0) is 13.8. The highest BCUT2D eigenvalue weighted by Crippen LogP contribution is 2.23. The molecule has 1 saturated heterocycles. The van der Waals surface area contributed by atoms with E-state index in [0.29, 0.717) is 6.54 Å². The van der Waals surface area contributed by atoms with Crippen molar-refractivity contribution >= 4 is 23.1 Å². The van der Waals surface area contributed by atoms with E-state index in [0.717, 1.165) is 36.2 Å². The second-order valence-corrected chi connectivity index (χ2v) is 5.66. The Labute approximate surface area is 116 Å². The van der Waals surface area contributed by atoms with Crippen LogP contribution in [0.5, 0.6) is 0 Å². The summed E-state index contributed by atoms with van der Waals surface area (Å²) in [7, 11) is 0. The Bertz CT molecular complexity index is 484. The van der Waals surface area contributed by atoms with Crippen molar-refractivity contribution < 1.29 is 10.0 Å². The first-order chi connectivity index (χ1) is 9.17. The minimum atomic E-state index is -0.0345. The first-order valence-corrected chi connectivity index (χ1v) is 7.38. The van der Waals surface area contributed by atoms with Crippen LogP contribution >= 0.6 is 11.3 Å². The van der Waals surface area contributed by atoms with Crippen LogP contribution in [-0.4, -0.2) is 34.9 Å². The van der Waals surface area contributed by atoms with Crippen LogP contribution < -0.4 is 5.73 Å². The van der Waals surface area contributed by atoms with Crippen molar-refractivity contribution in [1.29, 1.82) is 0 Å². The van der Waals surface area contributed by atoms with E-state index in [1.54, 1.807) is 0 Å². The lowest BCUT2D eigenvalue weighted by molar-refractivity contribution is 0.0705. The molecule has 1 fully saturated rings. The van der Waals surface area contributed by atoms with E-state index in [-0.39, 0.29) is 17.7 Å². The molecular formula is C13H19N3O2S. The van der Waals surface area contributed by atoms with Crippen LogP contribution in [0.25, 0.3) is 0 Å². The molecule has 0 aliphatic carbocycles. The van der Waals surface area contributed by atoms with Crippen LogP contribution in [-0.2, 0) is 6.42 Å². The Balaban J connectivity index is 2.11. The van der Waals surface area contributed by atoms with Gasteiger partial charge in [-0.05, 0) is 36.3 Å². The third kappa shape index (κ3) is 2.89. The van der Waals surface area contributed by atoms with Gasteiger partial charge in [-0.15, -0.1) is 11.3 Å². The third-order valence-electron chi connectivity index (χ3n) is 3.56. The summed E-state index contributed by atoms with van der Waals surface area (Å²) in [5.74, 6) is 0.259. The van der Waals surface area contributed by atoms with E-state index in [2.05, 4.69) is 5.16 Å². The molecule has 104 valence electrons. The summed E-state index contributed by atoms with van der Waals surface area (Å²) in [4.78, 5) is 15.1. The van der Waals surface area contributed by atoms with Crippen molar-refractivity contribution in [2.45, 2.75) is 26.2 Å². The fourth-order valence-electron chi connectivity index (χ4n) is 2.43. The predicted octanol–water partition coefficient (Wildman–Crippen LogP) is 1.91. The fourth-order valence-corrected chi connectivity index (χ4v) is 3.39. The Kier molecular flexibility index (Phi) is 4.42. The molecule has 6 heteroatoms. The summed E-state index contributed by atoms with van der Waals surface area (Å²) in [5, 5.41) is 13.8. The highest BCUT2D eigenvalue weighted by atomic mass is 32.1. The molecule has 0 spiro atoms. The summed E-state index contributed by atoms with van der Waals surface area (Å²) >= 11 is 1.49. The number of amidine groups is 1. The molecule has 1 amide bonds. The SMILES string of the molecule is CCc1ccsc1C(=O)N1CCCC(C(N)=NO)C1. The monoisotopic (exact) mass is 281 g/mol. The average Bonchev–Trinajstić information content (AvgIpc) is 2.94. The number of thiophene rings is 1. The first-order valence-electron chi connectivity index (χ1n) is 6.50. The molecule has 0 radical (unpaired) electrons. The molecule has 1 aliphatic heterocycles. The second kappa shape index (κ2) is 6.06. The van der Waals surface area contributed by atoms with Gasteiger partial charge in [0.05, 0.1) is 4.88 Å². The number of piperidine rings is 1. The molecule has 2 rings (SSSR count). The zero-order valence-electron chi connectivity index (χ0n) is 11.0. The van der Waals surface area contributed by atoms with Crippen LogP contribution in [0.2, 0.25) is 0 Å². The van der Waals surface area contributed by atoms with Gasteiger partial charge < -0.3 is 15.8 Å². The van der Waals surface area contributed by atoms with Crippen LogP contribution in [0.1, 0.15) is 35.0 Å². The molecule has 5 nitrogen and oxygen atoms in total. The van der Waals surface area contributed by atoms with Gasteiger partial charge in [-0.3, -0.25) is 4.79 Å². The summed E-state index contributed by atoms with van der Waals surface area (Å²) < 4.78 is 0. The molecule has 3 N–H and O–H groups in total. The number of hydrogen-bond donors (Lipinski definition) is 2. The van der Waals surface area contributed by atoms with Crippen molar-refractivity contribution in [3.05, 3.63) is 21.9 Å². The van der Waals surface area contributed by atoms with Gasteiger partial charge in [-0.2, -0.15) is 0 Å². The van der Waals surface area contributed by atoms with Crippen molar-refractivity contribution in [2.75, 3.05) is 13.1 Å². The number of nitrogens with two attached hydrogens (primary N) is 1. The molecule has 1 unspecified atom stereocenters. The molecule has 1 aliphatic rings. The fraction of sp³-hybridized carbons (Fsp3) is 0.538. The van der Waals surface area contributed by atoms with Gasteiger partial charge in [-0.25, -0.2) is 0 Å². The topological polar surface area (TPSA) is 78.9 Å². The van der Waals surface area contributed by atoms with Crippen molar-refractivity contribution in [2.24, 2.45) is 16.8 Å². The Morgan fingerprint density at radius 3 is 3.16 bits per heavy atom. The molecule has 0 saturated carbocycles. The molecule has 0 bridgehead atoms. The standard InChI is InChI=1S/C13H19N3O2S/c1-2-9-5-7-19-11(9)13(17)16-6-3-4-10(8-16)12(14)15-18/h5,7,10,18H,2-4,6,8H2,1H3,(H2,14,15). The predicted molar refractivity (Wildman–Crippen MR) is 75.7 cm³/mol. The highest BCUT2D eigenvalue weighted by Gasteiger charge is 2.28. The van der Waals surface area contributed by atoms with Gasteiger partial charge >= 0.3 is 0 Å². The lowest BCUT2D eigenvalue weighted by Gasteiger charge is -2.32. The van der Waals surface area contributed by atoms with Gasteiger partial charge in [0.1, 0.15) is 5.84 Å². The lowest BCUT2D eigenvalue weighted by Crippen LogP contribution is -2.44. The van der Waals surface area contributed by atoms with E-state index in [4.69, 9.17) is 10.9 Å². The summed E-state index contributed by atoms with van der Waals surface area (Å²) in [5.41, 5.74) is 6.75. The van der Waals surface area contributed by atoms with E-state index < -0.39 is 0 Å². The Morgan fingerprint density at radius 1 is 1.68 bits per heavy atom. The number of likely N-dealkylation sites (tertiary alicyclic amines) is 1. The van der Waals surface area contributed by atoms with E-state index >= 15 is 0 Å². The molecule has 1 atom stereocenters. The van der Waals surface area contributed by atoms with E-state index in [9.17, 15) is 4.79 Å². The third-order valence-corrected chi connectivity index (χ3v) is 4.51. The van der Waals surface area contributed by atoms with Crippen molar-refractivity contribution in [3.63, 3.8) is 0 Å². The van der Waals surface area contributed by atoms with Crippen LogP contribution in [0, 0.1) is 5.92 Å². The normalized spacial score (nSPS) is 20.6. The number of nitrogens with zero attached hydrogens (tertiary/aromatic N) is 2. The maximum atomic E-state index is 12.5. The number of hydrogen-bond acceptors (Lipinski definition) is 4. The number of carbonyl (C=O) groups is 1. The number of carbonyl (C=O) groups excluding carboxylic acids is 1. The summed E-state index contributed by atoms with van der Waals surface area (Å²) in [6.45, 7) is 3.33. The number of aryl methyl sites for hydroxylation is 1. The zero-order valence-corrected chi connectivity index (χ0v) is 11.8. The average molecular weight is 281 g/mol. The number of rotatable bonds is 3. The largest absolute Gasteiger partial charge is 0.409 e. The van der Waals surface area contributed by atoms with Crippen LogP contribution in [0.15, 0.2) is 16.6 Å².